The third-order valence-electron chi connectivity index (χ3n) is 3.39. The number of benzene rings is 1. The monoisotopic (exact) mass is 284 g/mol. The molecular formula is C13H18F2N4O. The molecule has 20 heavy (non-hydrogen) atoms. The van der Waals surface area contributed by atoms with Crippen LogP contribution in [-0.2, 0) is 6.54 Å². The largest absolute Gasteiger partial charge is 0.409 e. The third-order valence-corrected chi connectivity index (χ3v) is 3.39. The molecule has 0 aromatic heterocycles. The van der Waals surface area contributed by atoms with Crippen molar-refractivity contribution in [3.63, 3.8) is 0 Å². The maximum atomic E-state index is 13.6. The van der Waals surface area contributed by atoms with E-state index in [0.717, 1.165) is 32.2 Å². The van der Waals surface area contributed by atoms with Crippen LogP contribution in [0, 0.1) is 11.6 Å². The van der Waals surface area contributed by atoms with E-state index in [1.165, 1.54) is 12.1 Å². The van der Waals surface area contributed by atoms with Crippen molar-refractivity contribution in [2.45, 2.75) is 6.54 Å². The van der Waals surface area contributed by atoms with Gasteiger partial charge in [-0.1, -0.05) is 11.2 Å². The van der Waals surface area contributed by atoms with Crippen molar-refractivity contribution in [3.8, 4) is 0 Å². The molecule has 3 N–H and O–H groups in total. The van der Waals surface area contributed by atoms with E-state index in [4.69, 9.17) is 10.9 Å². The second-order valence-electron chi connectivity index (χ2n) is 4.88. The fourth-order valence-electron chi connectivity index (χ4n) is 2.26. The Bertz CT molecular complexity index is 487. The molecule has 0 saturated carbocycles. The molecule has 0 atom stereocenters. The van der Waals surface area contributed by atoms with Gasteiger partial charge in [-0.15, -0.1) is 0 Å². The molecule has 1 saturated heterocycles. The second-order valence-corrected chi connectivity index (χ2v) is 4.88. The molecule has 1 heterocycles. The Balaban J connectivity index is 1.85. The maximum absolute atomic E-state index is 13.6. The summed E-state index contributed by atoms with van der Waals surface area (Å²) >= 11 is 0. The number of oxime groups is 1. The lowest BCUT2D eigenvalue weighted by molar-refractivity contribution is 0.137. The van der Waals surface area contributed by atoms with E-state index >= 15 is 0 Å². The normalized spacial score (nSPS) is 18.4. The zero-order valence-corrected chi connectivity index (χ0v) is 11.1. The van der Waals surface area contributed by atoms with Crippen molar-refractivity contribution >= 4 is 5.84 Å². The number of amidine groups is 1. The Hall–Kier alpha value is -1.73. The molecule has 0 radical (unpaired) electrons. The molecule has 110 valence electrons. The van der Waals surface area contributed by atoms with E-state index in [-0.39, 0.29) is 5.84 Å². The minimum Gasteiger partial charge on any atom is -0.409 e. The van der Waals surface area contributed by atoms with Gasteiger partial charge in [-0.25, -0.2) is 8.78 Å². The highest BCUT2D eigenvalue weighted by molar-refractivity contribution is 5.81. The zero-order valence-electron chi connectivity index (χ0n) is 11.1. The fraction of sp³-hybridized carbons (Fsp3) is 0.462. The Kier molecular flexibility index (Phi) is 4.86. The molecular weight excluding hydrogens is 266 g/mol. The molecule has 5 nitrogen and oxygen atoms in total. The lowest BCUT2D eigenvalue weighted by atomic mass is 10.2. The molecule has 0 bridgehead atoms. The quantitative estimate of drug-likeness (QED) is 0.372. The first-order chi connectivity index (χ1) is 9.58. The average Bonchev–Trinajstić information content (AvgIpc) is 2.44. The molecule has 1 aromatic rings. The van der Waals surface area contributed by atoms with Gasteiger partial charge in [0.1, 0.15) is 11.6 Å². The lowest BCUT2D eigenvalue weighted by Gasteiger charge is -2.34. The first-order valence-electron chi connectivity index (χ1n) is 6.43. The standard InChI is InChI=1S/C13H18F2N4O/c14-11-2-1-10(12(15)7-11)8-18-3-5-19(6-4-18)9-13(16)17-20/h1-2,7,20H,3-6,8-9H2,(H2,16,17). The Morgan fingerprint density at radius 2 is 1.85 bits per heavy atom. The highest BCUT2D eigenvalue weighted by Gasteiger charge is 2.18. The van der Waals surface area contributed by atoms with Crippen LogP contribution in [0.4, 0.5) is 8.78 Å². The van der Waals surface area contributed by atoms with Gasteiger partial charge in [0.25, 0.3) is 0 Å². The van der Waals surface area contributed by atoms with Crippen LogP contribution in [0.15, 0.2) is 23.4 Å². The van der Waals surface area contributed by atoms with Crippen molar-refractivity contribution < 1.29 is 14.0 Å². The molecule has 2 rings (SSSR count). The topological polar surface area (TPSA) is 65.1 Å². The van der Waals surface area contributed by atoms with Crippen molar-refractivity contribution in [2.75, 3.05) is 32.7 Å². The summed E-state index contributed by atoms with van der Waals surface area (Å²) in [5.74, 6) is -0.887. The van der Waals surface area contributed by atoms with Gasteiger partial charge >= 0.3 is 0 Å². The number of halogens is 2. The van der Waals surface area contributed by atoms with Crippen LogP contribution in [0.3, 0.4) is 0 Å². The van der Waals surface area contributed by atoms with Gasteiger partial charge in [0.05, 0.1) is 6.54 Å². The molecule has 1 aromatic carbocycles. The summed E-state index contributed by atoms with van der Waals surface area (Å²) in [5, 5.41) is 11.5. The maximum Gasteiger partial charge on any atom is 0.153 e. The Morgan fingerprint density at radius 1 is 1.20 bits per heavy atom. The summed E-state index contributed by atoms with van der Waals surface area (Å²) in [7, 11) is 0. The van der Waals surface area contributed by atoms with E-state index in [1.54, 1.807) is 0 Å². The van der Waals surface area contributed by atoms with Gasteiger partial charge in [0, 0.05) is 44.4 Å². The molecule has 1 aliphatic rings. The van der Waals surface area contributed by atoms with Gasteiger partial charge < -0.3 is 10.9 Å². The first kappa shape index (κ1) is 14.7. The SMILES string of the molecule is NC(CN1CCN(Cc2ccc(F)cc2F)CC1)=NO. The predicted molar refractivity (Wildman–Crippen MR) is 71.5 cm³/mol. The van der Waals surface area contributed by atoms with Crippen molar-refractivity contribution in [1.82, 2.24) is 9.80 Å². The van der Waals surface area contributed by atoms with Crippen LogP contribution in [0.5, 0.6) is 0 Å². The van der Waals surface area contributed by atoms with Crippen LogP contribution in [0.2, 0.25) is 0 Å². The van der Waals surface area contributed by atoms with Crippen LogP contribution < -0.4 is 5.73 Å². The smallest absolute Gasteiger partial charge is 0.153 e. The Labute approximate surface area is 116 Å². The minimum absolute atomic E-state index is 0.183. The average molecular weight is 284 g/mol. The van der Waals surface area contributed by atoms with Gasteiger partial charge in [-0.05, 0) is 6.07 Å². The van der Waals surface area contributed by atoms with Crippen LogP contribution in [-0.4, -0.2) is 53.6 Å². The molecule has 7 heteroatoms. The van der Waals surface area contributed by atoms with Crippen LogP contribution >= 0.6 is 0 Å². The predicted octanol–water partition coefficient (Wildman–Crippen LogP) is 0.829. The molecule has 0 aliphatic carbocycles. The van der Waals surface area contributed by atoms with Gasteiger partial charge in [-0.3, -0.25) is 9.80 Å². The van der Waals surface area contributed by atoms with Crippen molar-refractivity contribution in [1.29, 1.82) is 0 Å². The number of nitrogens with two attached hydrogens (primary N) is 1. The molecule has 0 spiro atoms. The molecule has 1 aliphatic heterocycles. The fourth-order valence-corrected chi connectivity index (χ4v) is 2.26. The highest BCUT2D eigenvalue weighted by atomic mass is 19.1. The van der Waals surface area contributed by atoms with E-state index in [9.17, 15) is 8.78 Å². The number of nitrogens with zero attached hydrogens (tertiary/aromatic N) is 3. The second kappa shape index (κ2) is 6.62. The number of hydrogen-bond acceptors (Lipinski definition) is 4. The van der Waals surface area contributed by atoms with Crippen molar-refractivity contribution in [3.05, 3.63) is 35.4 Å². The molecule has 0 unspecified atom stereocenters. The van der Waals surface area contributed by atoms with E-state index in [1.807, 2.05) is 0 Å². The van der Waals surface area contributed by atoms with E-state index in [2.05, 4.69) is 15.0 Å². The van der Waals surface area contributed by atoms with Crippen LogP contribution in [0.1, 0.15) is 5.56 Å². The zero-order chi connectivity index (χ0) is 14.5. The summed E-state index contributed by atoms with van der Waals surface area (Å²) in [6, 6.07) is 3.66. The van der Waals surface area contributed by atoms with Gasteiger partial charge in [0.15, 0.2) is 5.84 Å². The minimum atomic E-state index is -0.560. The first-order valence-corrected chi connectivity index (χ1v) is 6.43. The summed E-state index contributed by atoms with van der Waals surface area (Å²) in [6.45, 7) is 3.93. The number of hydrogen-bond donors (Lipinski definition) is 2. The van der Waals surface area contributed by atoms with Gasteiger partial charge in [0.2, 0.25) is 0 Å². The van der Waals surface area contributed by atoms with Crippen molar-refractivity contribution in [2.24, 2.45) is 10.9 Å². The molecule has 1 fully saturated rings. The summed E-state index contributed by atoms with van der Waals surface area (Å²) in [6.07, 6.45) is 0. The number of rotatable bonds is 4. The third kappa shape index (κ3) is 3.88. The van der Waals surface area contributed by atoms with E-state index < -0.39 is 11.6 Å². The van der Waals surface area contributed by atoms with Gasteiger partial charge in [-0.2, -0.15) is 0 Å². The summed E-state index contributed by atoms with van der Waals surface area (Å²) < 4.78 is 26.4. The van der Waals surface area contributed by atoms with Crippen LogP contribution in [0.25, 0.3) is 0 Å². The highest BCUT2D eigenvalue weighted by Crippen LogP contribution is 2.13. The Morgan fingerprint density at radius 3 is 2.45 bits per heavy atom. The van der Waals surface area contributed by atoms with E-state index in [0.29, 0.717) is 18.7 Å². The number of piperazine rings is 1. The molecule has 0 amide bonds. The summed E-state index contributed by atoms with van der Waals surface area (Å²) in [4.78, 5) is 4.16. The summed E-state index contributed by atoms with van der Waals surface area (Å²) in [5.41, 5.74) is 5.95. The lowest BCUT2D eigenvalue weighted by Crippen LogP contribution is -2.48.